The molecule has 0 aliphatic carbocycles. The third kappa shape index (κ3) is 3.94. The van der Waals surface area contributed by atoms with E-state index >= 15 is 0 Å². The monoisotopic (exact) mass is 340 g/mol. The Balaban J connectivity index is 1.71. The highest BCUT2D eigenvalue weighted by Crippen LogP contribution is 2.23. The molecule has 0 saturated carbocycles. The van der Waals surface area contributed by atoms with Crippen molar-refractivity contribution in [3.8, 4) is 5.82 Å². The van der Waals surface area contributed by atoms with Crippen LogP contribution in [0.1, 0.15) is 20.8 Å². The van der Waals surface area contributed by atoms with Gasteiger partial charge in [-0.1, -0.05) is 32.9 Å². The summed E-state index contributed by atoms with van der Waals surface area (Å²) in [6.45, 7) is 6.28. The third-order valence-corrected chi connectivity index (χ3v) is 4.64. The molecule has 2 heterocycles. The van der Waals surface area contributed by atoms with Gasteiger partial charge in [-0.15, -0.1) is 11.8 Å². The number of carbonyl (C=O) groups is 1. The Kier molecular flexibility index (Phi) is 4.57. The molecule has 24 heavy (non-hydrogen) atoms. The molecule has 124 valence electrons. The van der Waals surface area contributed by atoms with Crippen molar-refractivity contribution in [1.82, 2.24) is 14.5 Å². The van der Waals surface area contributed by atoms with Crippen molar-refractivity contribution in [2.75, 3.05) is 11.1 Å². The molecule has 0 radical (unpaired) electrons. The maximum absolute atomic E-state index is 12.0. The lowest BCUT2D eigenvalue weighted by Gasteiger charge is -2.17. The van der Waals surface area contributed by atoms with Crippen LogP contribution >= 0.6 is 11.8 Å². The van der Waals surface area contributed by atoms with Gasteiger partial charge in [0.2, 0.25) is 5.91 Å². The summed E-state index contributed by atoms with van der Waals surface area (Å²) in [7, 11) is 0. The lowest BCUT2D eigenvalue weighted by Crippen LogP contribution is -2.19. The van der Waals surface area contributed by atoms with Crippen LogP contribution < -0.4 is 5.32 Å². The summed E-state index contributed by atoms with van der Waals surface area (Å²) in [6.07, 6.45) is 3.43. The van der Waals surface area contributed by atoms with Crippen molar-refractivity contribution < 1.29 is 4.79 Å². The number of pyridine rings is 1. The number of fused-ring (bicyclic) bond motifs is 1. The minimum absolute atomic E-state index is 0.0162. The second-order valence-corrected chi connectivity index (χ2v) is 8.26. The van der Waals surface area contributed by atoms with Gasteiger partial charge in [-0.3, -0.25) is 9.36 Å². The first-order chi connectivity index (χ1) is 11.4. The zero-order valence-electron chi connectivity index (χ0n) is 14.0. The highest BCUT2D eigenvalue weighted by atomic mass is 32.2. The predicted molar refractivity (Wildman–Crippen MR) is 99.7 cm³/mol. The molecule has 3 rings (SSSR count). The summed E-state index contributed by atoms with van der Waals surface area (Å²) in [5.41, 5.74) is 2.63. The molecule has 6 heteroatoms. The van der Waals surface area contributed by atoms with E-state index in [1.54, 1.807) is 24.3 Å². The van der Waals surface area contributed by atoms with Crippen LogP contribution in [0.15, 0.2) is 48.9 Å². The molecule has 0 saturated heterocycles. The molecule has 2 aromatic heterocycles. The topological polar surface area (TPSA) is 59.8 Å². The van der Waals surface area contributed by atoms with E-state index < -0.39 is 0 Å². The molecule has 0 bridgehead atoms. The van der Waals surface area contributed by atoms with Crippen LogP contribution in [0.25, 0.3) is 16.9 Å². The van der Waals surface area contributed by atoms with E-state index in [4.69, 9.17) is 0 Å². The van der Waals surface area contributed by atoms with Crippen molar-refractivity contribution in [3.63, 3.8) is 0 Å². The SMILES string of the molecule is CC(C)(C)SCC(=O)Nc1ccc(-n2cnc3ccccc32)nc1. The van der Waals surface area contributed by atoms with Crippen LogP contribution in [0.2, 0.25) is 0 Å². The molecule has 0 aliphatic heterocycles. The number of benzene rings is 1. The Morgan fingerprint density at radius 1 is 1.17 bits per heavy atom. The van der Waals surface area contributed by atoms with E-state index in [1.807, 2.05) is 41.0 Å². The Bertz CT molecular complexity index is 849. The number of para-hydroxylation sites is 2. The second-order valence-electron chi connectivity index (χ2n) is 6.46. The summed E-state index contributed by atoms with van der Waals surface area (Å²) in [5.74, 6) is 1.18. The van der Waals surface area contributed by atoms with Gasteiger partial charge in [0.05, 0.1) is 28.7 Å². The normalized spacial score (nSPS) is 11.6. The Hall–Kier alpha value is -2.34. The molecular formula is C18H20N4OS. The Labute approximate surface area is 145 Å². The molecule has 0 atom stereocenters. The van der Waals surface area contributed by atoms with E-state index in [9.17, 15) is 4.79 Å². The molecule has 3 aromatic rings. The number of amides is 1. The maximum Gasteiger partial charge on any atom is 0.234 e. The number of aromatic nitrogens is 3. The summed E-state index contributed by atoms with van der Waals surface area (Å²) in [6, 6.07) is 11.6. The number of hydrogen-bond acceptors (Lipinski definition) is 4. The van der Waals surface area contributed by atoms with Gasteiger partial charge in [0, 0.05) is 4.75 Å². The number of anilines is 1. The number of hydrogen-bond donors (Lipinski definition) is 1. The summed E-state index contributed by atoms with van der Waals surface area (Å²) >= 11 is 1.62. The van der Waals surface area contributed by atoms with Crippen molar-refractivity contribution in [2.45, 2.75) is 25.5 Å². The molecule has 0 spiro atoms. The minimum Gasteiger partial charge on any atom is -0.324 e. The van der Waals surface area contributed by atoms with Crippen LogP contribution in [0.4, 0.5) is 5.69 Å². The zero-order valence-corrected chi connectivity index (χ0v) is 14.8. The summed E-state index contributed by atoms with van der Waals surface area (Å²) in [4.78, 5) is 20.8. The highest BCUT2D eigenvalue weighted by molar-refractivity contribution is 8.01. The van der Waals surface area contributed by atoms with Crippen molar-refractivity contribution in [1.29, 1.82) is 0 Å². The van der Waals surface area contributed by atoms with Gasteiger partial charge >= 0.3 is 0 Å². The van der Waals surface area contributed by atoms with E-state index in [1.165, 1.54) is 0 Å². The van der Waals surface area contributed by atoms with E-state index in [0.29, 0.717) is 11.4 Å². The Morgan fingerprint density at radius 2 is 1.96 bits per heavy atom. The van der Waals surface area contributed by atoms with Gasteiger partial charge in [0.15, 0.2) is 0 Å². The van der Waals surface area contributed by atoms with Gasteiger partial charge < -0.3 is 5.32 Å². The minimum atomic E-state index is -0.0162. The molecule has 5 nitrogen and oxygen atoms in total. The number of rotatable bonds is 4. The fourth-order valence-corrected chi connectivity index (χ4v) is 2.86. The Morgan fingerprint density at radius 3 is 2.67 bits per heavy atom. The predicted octanol–water partition coefficient (Wildman–Crippen LogP) is 3.89. The maximum atomic E-state index is 12.0. The highest BCUT2D eigenvalue weighted by Gasteiger charge is 2.13. The first-order valence-corrected chi connectivity index (χ1v) is 8.73. The number of nitrogens with one attached hydrogen (secondary N) is 1. The van der Waals surface area contributed by atoms with Crippen LogP contribution in [0.5, 0.6) is 0 Å². The van der Waals surface area contributed by atoms with Crippen LogP contribution in [-0.4, -0.2) is 30.9 Å². The van der Waals surface area contributed by atoms with Gasteiger partial charge in [-0.05, 0) is 24.3 Å². The zero-order chi connectivity index (χ0) is 17.2. The molecule has 0 unspecified atom stereocenters. The fourth-order valence-electron chi connectivity index (χ4n) is 2.22. The van der Waals surface area contributed by atoms with E-state index in [2.05, 4.69) is 36.1 Å². The molecule has 0 aliphatic rings. The van der Waals surface area contributed by atoms with Crippen molar-refractivity contribution in [3.05, 3.63) is 48.9 Å². The second kappa shape index (κ2) is 6.65. The van der Waals surface area contributed by atoms with Gasteiger partial charge in [0.1, 0.15) is 12.1 Å². The number of thioether (sulfide) groups is 1. The lowest BCUT2D eigenvalue weighted by atomic mass is 10.3. The molecular weight excluding hydrogens is 320 g/mol. The van der Waals surface area contributed by atoms with E-state index in [0.717, 1.165) is 16.9 Å². The first kappa shape index (κ1) is 16.5. The summed E-state index contributed by atoms with van der Waals surface area (Å²) < 4.78 is 2.00. The quantitative estimate of drug-likeness (QED) is 0.783. The van der Waals surface area contributed by atoms with Gasteiger partial charge in [-0.2, -0.15) is 0 Å². The van der Waals surface area contributed by atoms with Crippen LogP contribution in [0, 0.1) is 0 Å². The number of carbonyl (C=O) groups excluding carboxylic acids is 1. The molecule has 1 amide bonds. The van der Waals surface area contributed by atoms with Gasteiger partial charge in [-0.25, -0.2) is 9.97 Å². The van der Waals surface area contributed by atoms with Crippen molar-refractivity contribution >= 4 is 34.4 Å². The smallest absolute Gasteiger partial charge is 0.234 e. The molecule has 0 fully saturated rings. The average molecular weight is 340 g/mol. The largest absolute Gasteiger partial charge is 0.324 e. The van der Waals surface area contributed by atoms with Crippen LogP contribution in [-0.2, 0) is 4.79 Å². The summed E-state index contributed by atoms with van der Waals surface area (Å²) in [5, 5.41) is 2.88. The fraction of sp³-hybridized carbons (Fsp3) is 0.278. The average Bonchev–Trinajstić information content (AvgIpc) is 2.97. The third-order valence-electron chi connectivity index (χ3n) is 3.37. The van der Waals surface area contributed by atoms with Crippen molar-refractivity contribution in [2.24, 2.45) is 0 Å². The number of nitrogens with zero attached hydrogens (tertiary/aromatic N) is 3. The first-order valence-electron chi connectivity index (χ1n) is 7.75. The van der Waals surface area contributed by atoms with Gasteiger partial charge in [0.25, 0.3) is 0 Å². The van der Waals surface area contributed by atoms with E-state index in [-0.39, 0.29) is 10.7 Å². The van der Waals surface area contributed by atoms with Crippen LogP contribution in [0.3, 0.4) is 0 Å². The molecule has 1 aromatic carbocycles. The molecule has 1 N–H and O–H groups in total. The lowest BCUT2D eigenvalue weighted by molar-refractivity contribution is -0.113. The number of imidazole rings is 1. The standard InChI is InChI=1S/C18H20N4OS/c1-18(2,3)24-11-17(23)21-13-8-9-16(19-10-13)22-12-20-14-6-4-5-7-15(14)22/h4-10,12H,11H2,1-3H3,(H,21,23).